The maximum Gasteiger partial charge on any atom is 0.332 e. The third kappa shape index (κ3) is 5.28. The van der Waals surface area contributed by atoms with Crippen molar-refractivity contribution < 1.29 is 24.6 Å². The Labute approximate surface area is 153 Å². The van der Waals surface area contributed by atoms with Crippen LogP contribution in [0.3, 0.4) is 0 Å². The quantitative estimate of drug-likeness (QED) is 0.581. The summed E-state index contributed by atoms with van der Waals surface area (Å²) in [6.45, 7) is 1.90. The van der Waals surface area contributed by atoms with Gasteiger partial charge in [-0.1, -0.05) is 61.9 Å². The molecule has 5 heteroatoms. The molecule has 140 valence electrons. The number of ketones is 1. The molecule has 0 heterocycles. The third-order valence-corrected chi connectivity index (χ3v) is 5.04. The maximum absolute atomic E-state index is 12.5. The summed E-state index contributed by atoms with van der Waals surface area (Å²) < 4.78 is 0. The average molecular weight is 358 g/mol. The zero-order valence-electron chi connectivity index (χ0n) is 15.2. The van der Waals surface area contributed by atoms with Crippen molar-refractivity contribution in [3.8, 4) is 0 Å². The Balaban J connectivity index is 2.34. The van der Waals surface area contributed by atoms with Gasteiger partial charge in [-0.2, -0.15) is 0 Å². The van der Waals surface area contributed by atoms with Crippen molar-refractivity contribution in [1.29, 1.82) is 0 Å². The average Bonchev–Trinajstić information content (AvgIpc) is 2.55. The highest BCUT2D eigenvalue weighted by Gasteiger charge is 2.29. The first-order valence-corrected chi connectivity index (χ1v) is 9.19. The minimum absolute atomic E-state index is 0.0835. The van der Waals surface area contributed by atoms with Crippen LogP contribution >= 0.6 is 0 Å². The van der Waals surface area contributed by atoms with Gasteiger partial charge in [0.25, 0.3) is 0 Å². The summed E-state index contributed by atoms with van der Waals surface area (Å²) in [5.74, 6) is -3.20. The lowest BCUT2D eigenvalue weighted by Gasteiger charge is -2.22. The molecule has 0 radical (unpaired) electrons. The predicted octanol–water partition coefficient (Wildman–Crippen LogP) is 4.39. The largest absolute Gasteiger partial charge is 0.478 e. The van der Waals surface area contributed by atoms with E-state index in [0.29, 0.717) is 18.4 Å². The molecule has 5 nitrogen and oxygen atoms in total. The molecule has 1 aliphatic carbocycles. The third-order valence-electron chi connectivity index (χ3n) is 5.04. The molecule has 1 aliphatic rings. The van der Waals surface area contributed by atoms with E-state index in [1.54, 1.807) is 24.3 Å². The minimum atomic E-state index is -1.31. The monoisotopic (exact) mass is 358 g/mol. The number of aliphatic carboxylic acids is 2. The Kier molecular flexibility index (Phi) is 7.13. The second kappa shape index (κ2) is 9.32. The van der Waals surface area contributed by atoms with Gasteiger partial charge in [-0.3, -0.25) is 4.79 Å². The zero-order chi connectivity index (χ0) is 19.1. The SMILES string of the molecule is Cc1ccc(C(=O)CC(C(=O)O)=C(C(=O)O)C2CCCCCCC2)cc1. The number of carboxylic acid groups (broad SMARTS) is 2. The van der Waals surface area contributed by atoms with E-state index in [9.17, 15) is 24.6 Å². The van der Waals surface area contributed by atoms with Gasteiger partial charge in [0.15, 0.2) is 5.78 Å². The topological polar surface area (TPSA) is 91.7 Å². The molecular formula is C21H26O5. The van der Waals surface area contributed by atoms with Crippen molar-refractivity contribution in [3.05, 3.63) is 46.5 Å². The van der Waals surface area contributed by atoms with Gasteiger partial charge >= 0.3 is 11.9 Å². The van der Waals surface area contributed by atoms with Crippen LogP contribution < -0.4 is 0 Å². The number of carboxylic acids is 2. The van der Waals surface area contributed by atoms with Gasteiger partial charge in [-0.15, -0.1) is 0 Å². The van der Waals surface area contributed by atoms with E-state index in [-0.39, 0.29) is 22.8 Å². The molecule has 1 aromatic carbocycles. The summed E-state index contributed by atoms with van der Waals surface area (Å²) in [6.07, 6.45) is 5.92. The smallest absolute Gasteiger partial charge is 0.332 e. The molecule has 1 fully saturated rings. The van der Waals surface area contributed by atoms with E-state index >= 15 is 0 Å². The highest BCUT2D eigenvalue weighted by molar-refractivity contribution is 6.07. The van der Waals surface area contributed by atoms with Crippen LogP contribution in [0.4, 0.5) is 0 Å². The van der Waals surface area contributed by atoms with Gasteiger partial charge in [0, 0.05) is 12.0 Å². The van der Waals surface area contributed by atoms with Crippen LogP contribution in [0.25, 0.3) is 0 Å². The van der Waals surface area contributed by atoms with E-state index in [4.69, 9.17) is 0 Å². The van der Waals surface area contributed by atoms with Crippen molar-refractivity contribution in [2.45, 2.75) is 58.3 Å². The molecule has 2 rings (SSSR count). The number of carbonyl (C=O) groups excluding carboxylic acids is 1. The van der Waals surface area contributed by atoms with E-state index in [1.165, 1.54) is 0 Å². The molecule has 0 spiro atoms. The fourth-order valence-electron chi connectivity index (χ4n) is 3.58. The summed E-state index contributed by atoms with van der Waals surface area (Å²) in [7, 11) is 0. The van der Waals surface area contributed by atoms with E-state index in [1.807, 2.05) is 6.92 Å². The van der Waals surface area contributed by atoms with Crippen molar-refractivity contribution >= 4 is 17.7 Å². The lowest BCUT2D eigenvalue weighted by atomic mass is 9.82. The summed E-state index contributed by atoms with van der Waals surface area (Å²) in [6, 6.07) is 6.86. The number of hydrogen-bond donors (Lipinski definition) is 2. The van der Waals surface area contributed by atoms with Crippen LogP contribution in [0.2, 0.25) is 0 Å². The van der Waals surface area contributed by atoms with Gasteiger partial charge in [-0.05, 0) is 25.7 Å². The molecule has 1 aromatic rings. The number of aryl methyl sites for hydroxylation is 1. The maximum atomic E-state index is 12.5. The molecule has 0 bridgehead atoms. The van der Waals surface area contributed by atoms with Crippen LogP contribution in [0.1, 0.15) is 67.3 Å². The Morgan fingerprint density at radius 3 is 1.92 bits per heavy atom. The lowest BCUT2D eigenvalue weighted by molar-refractivity contribution is -0.136. The van der Waals surface area contributed by atoms with Gasteiger partial charge in [0.1, 0.15) is 0 Å². The van der Waals surface area contributed by atoms with Gasteiger partial charge in [-0.25, -0.2) is 9.59 Å². The van der Waals surface area contributed by atoms with Crippen molar-refractivity contribution in [3.63, 3.8) is 0 Å². The van der Waals surface area contributed by atoms with Crippen LogP contribution in [0, 0.1) is 12.8 Å². The second-order valence-electron chi connectivity index (χ2n) is 7.01. The van der Waals surface area contributed by atoms with Crippen LogP contribution in [0.15, 0.2) is 35.4 Å². The fourth-order valence-corrected chi connectivity index (χ4v) is 3.58. The molecule has 0 amide bonds. The first kappa shape index (κ1) is 19.9. The Bertz CT molecular complexity index is 692. The predicted molar refractivity (Wildman–Crippen MR) is 98.2 cm³/mol. The zero-order valence-corrected chi connectivity index (χ0v) is 15.2. The van der Waals surface area contributed by atoms with Crippen LogP contribution in [0.5, 0.6) is 0 Å². The van der Waals surface area contributed by atoms with Gasteiger partial charge in [0.05, 0.1) is 11.1 Å². The van der Waals surface area contributed by atoms with Gasteiger partial charge in [0.2, 0.25) is 0 Å². The van der Waals surface area contributed by atoms with Crippen LogP contribution in [-0.4, -0.2) is 27.9 Å². The van der Waals surface area contributed by atoms with E-state index < -0.39 is 18.4 Å². The summed E-state index contributed by atoms with van der Waals surface area (Å²) >= 11 is 0. The Morgan fingerprint density at radius 1 is 0.885 bits per heavy atom. The summed E-state index contributed by atoms with van der Waals surface area (Å²) in [5.41, 5.74) is 1.04. The highest BCUT2D eigenvalue weighted by Crippen LogP contribution is 2.31. The minimum Gasteiger partial charge on any atom is -0.478 e. The fraction of sp³-hybridized carbons (Fsp3) is 0.476. The highest BCUT2D eigenvalue weighted by atomic mass is 16.4. The lowest BCUT2D eigenvalue weighted by Crippen LogP contribution is -2.21. The number of carbonyl (C=O) groups is 3. The molecule has 2 N–H and O–H groups in total. The number of benzene rings is 1. The molecular weight excluding hydrogens is 332 g/mol. The normalized spacial score (nSPS) is 17.0. The summed E-state index contributed by atoms with van der Waals surface area (Å²) in [4.78, 5) is 36.2. The Hall–Kier alpha value is -2.43. The van der Waals surface area contributed by atoms with Gasteiger partial charge < -0.3 is 10.2 Å². The number of rotatable bonds is 6. The van der Waals surface area contributed by atoms with E-state index in [0.717, 1.165) is 37.7 Å². The molecule has 0 aromatic heterocycles. The molecule has 0 unspecified atom stereocenters. The first-order valence-electron chi connectivity index (χ1n) is 9.19. The standard InChI is InChI=1S/C21H26O5/c1-14-9-11-15(12-10-14)18(22)13-17(20(23)24)19(21(25)26)16-7-5-3-2-4-6-8-16/h9-12,16H,2-8,13H2,1H3,(H,23,24)(H,25,26). The van der Waals surface area contributed by atoms with Crippen LogP contribution in [-0.2, 0) is 9.59 Å². The van der Waals surface area contributed by atoms with E-state index in [2.05, 4.69) is 0 Å². The molecule has 0 atom stereocenters. The molecule has 1 saturated carbocycles. The number of hydrogen-bond acceptors (Lipinski definition) is 3. The summed E-state index contributed by atoms with van der Waals surface area (Å²) in [5, 5.41) is 19.3. The Morgan fingerprint density at radius 2 is 1.42 bits per heavy atom. The first-order chi connectivity index (χ1) is 12.4. The molecule has 0 aliphatic heterocycles. The molecule has 26 heavy (non-hydrogen) atoms. The second-order valence-corrected chi connectivity index (χ2v) is 7.01. The van der Waals surface area contributed by atoms with Crippen molar-refractivity contribution in [2.24, 2.45) is 5.92 Å². The van der Waals surface area contributed by atoms with Crippen molar-refractivity contribution in [1.82, 2.24) is 0 Å². The van der Waals surface area contributed by atoms with Crippen molar-refractivity contribution in [2.75, 3.05) is 0 Å². The molecule has 0 saturated heterocycles. The number of Topliss-reactive ketones (excluding diaryl/α,β-unsaturated/α-hetero) is 1.